The van der Waals surface area contributed by atoms with Crippen LogP contribution in [-0.4, -0.2) is 51.1 Å². The van der Waals surface area contributed by atoms with Gasteiger partial charge in [0.15, 0.2) is 5.78 Å². The topological polar surface area (TPSA) is 55.8 Å². The van der Waals surface area contributed by atoms with Gasteiger partial charge < -0.3 is 14.4 Å². The van der Waals surface area contributed by atoms with Crippen LogP contribution in [0.2, 0.25) is 0 Å². The monoisotopic (exact) mass is 241 g/mol. The summed E-state index contributed by atoms with van der Waals surface area (Å²) in [7, 11) is 4.81. The molecule has 96 valence electrons. The van der Waals surface area contributed by atoms with E-state index in [1.165, 1.54) is 13.3 Å². The van der Waals surface area contributed by atoms with Crippen molar-refractivity contribution in [2.75, 3.05) is 34.4 Å². The van der Waals surface area contributed by atoms with Crippen LogP contribution in [0.3, 0.4) is 0 Å². The fourth-order valence-electron chi connectivity index (χ4n) is 1.76. The molecule has 1 saturated heterocycles. The Kier molecular flexibility index (Phi) is 5.15. The minimum absolute atomic E-state index is 0.115. The van der Waals surface area contributed by atoms with Crippen molar-refractivity contribution in [3.05, 3.63) is 11.8 Å². The molecule has 1 aliphatic heterocycles. The van der Waals surface area contributed by atoms with Crippen LogP contribution in [0.5, 0.6) is 0 Å². The van der Waals surface area contributed by atoms with E-state index in [2.05, 4.69) is 4.74 Å². The van der Waals surface area contributed by atoms with Gasteiger partial charge in [-0.25, -0.2) is 4.79 Å². The van der Waals surface area contributed by atoms with E-state index in [9.17, 15) is 9.59 Å². The summed E-state index contributed by atoms with van der Waals surface area (Å²) in [6.45, 7) is 1.15. The second-order valence-electron chi connectivity index (χ2n) is 4.25. The molecule has 1 heterocycles. The van der Waals surface area contributed by atoms with Gasteiger partial charge in [0, 0.05) is 39.4 Å². The van der Waals surface area contributed by atoms with Crippen LogP contribution >= 0.6 is 0 Å². The van der Waals surface area contributed by atoms with E-state index >= 15 is 0 Å². The van der Waals surface area contributed by atoms with Crippen LogP contribution in [-0.2, 0) is 19.1 Å². The van der Waals surface area contributed by atoms with Crippen molar-refractivity contribution in [3.8, 4) is 0 Å². The lowest BCUT2D eigenvalue weighted by Gasteiger charge is -2.21. The standard InChI is InChI=1S/C12H19NO4/c1-13(2)8-10(12(15)16-3)11(14)9-4-6-17-7-5-9/h8-9H,4-7H2,1-3H3/b10-8-. The number of rotatable bonds is 4. The second-order valence-corrected chi connectivity index (χ2v) is 4.25. The maximum atomic E-state index is 12.2. The summed E-state index contributed by atoms with van der Waals surface area (Å²) < 4.78 is 9.84. The minimum Gasteiger partial charge on any atom is -0.465 e. The van der Waals surface area contributed by atoms with Gasteiger partial charge >= 0.3 is 5.97 Å². The first-order valence-corrected chi connectivity index (χ1v) is 5.64. The average Bonchev–Trinajstić information content (AvgIpc) is 2.35. The molecule has 0 aromatic heterocycles. The first kappa shape index (κ1) is 13.7. The Hall–Kier alpha value is -1.36. The zero-order valence-electron chi connectivity index (χ0n) is 10.6. The highest BCUT2D eigenvalue weighted by molar-refractivity contribution is 6.18. The molecule has 0 bridgehead atoms. The number of ether oxygens (including phenoxy) is 2. The summed E-state index contributed by atoms with van der Waals surface area (Å²) in [6.07, 6.45) is 2.85. The second kappa shape index (κ2) is 6.39. The van der Waals surface area contributed by atoms with Gasteiger partial charge in [-0.3, -0.25) is 4.79 Å². The summed E-state index contributed by atoms with van der Waals surface area (Å²) in [5, 5.41) is 0. The molecule has 17 heavy (non-hydrogen) atoms. The van der Waals surface area contributed by atoms with Crippen molar-refractivity contribution in [2.45, 2.75) is 12.8 Å². The fourth-order valence-corrected chi connectivity index (χ4v) is 1.76. The highest BCUT2D eigenvalue weighted by atomic mass is 16.5. The van der Waals surface area contributed by atoms with Crippen molar-refractivity contribution in [2.24, 2.45) is 5.92 Å². The van der Waals surface area contributed by atoms with Crippen molar-refractivity contribution >= 4 is 11.8 Å². The lowest BCUT2D eigenvalue weighted by molar-refractivity contribution is -0.139. The molecule has 5 nitrogen and oxygen atoms in total. The molecule has 0 aromatic rings. The van der Waals surface area contributed by atoms with Crippen LogP contribution < -0.4 is 0 Å². The molecule has 0 radical (unpaired) electrons. The van der Waals surface area contributed by atoms with Gasteiger partial charge in [-0.2, -0.15) is 0 Å². The number of nitrogens with zero attached hydrogens (tertiary/aromatic N) is 1. The van der Waals surface area contributed by atoms with E-state index in [1.807, 2.05) is 0 Å². The largest absolute Gasteiger partial charge is 0.465 e. The number of Topliss-reactive ketones (excluding diaryl/α,β-unsaturated/α-hetero) is 1. The van der Waals surface area contributed by atoms with Crippen LogP contribution in [0, 0.1) is 5.92 Å². The van der Waals surface area contributed by atoms with Crippen molar-refractivity contribution in [1.82, 2.24) is 4.90 Å². The molecule has 5 heteroatoms. The number of carbonyl (C=O) groups is 2. The van der Waals surface area contributed by atoms with Crippen LogP contribution in [0.1, 0.15) is 12.8 Å². The molecule has 1 rings (SSSR count). The Morgan fingerprint density at radius 2 is 1.88 bits per heavy atom. The first-order valence-electron chi connectivity index (χ1n) is 5.64. The molecule has 0 atom stereocenters. The number of methoxy groups -OCH3 is 1. The van der Waals surface area contributed by atoms with Gasteiger partial charge in [-0.15, -0.1) is 0 Å². The van der Waals surface area contributed by atoms with Gasteiger partial charge in [0.2, 0.25) is 0 Å². The summed E-state index contributed by atoms with van der Waals surface area (Å²) in [5.41, 5.74) is 0.115. The molecule has 0 aromatic carbocycles. The number of hydrogen-bond donors (Lipinski definition) is 0. The molecule has 0 N–H and O–H groups in total. The normalized spacial score (nSPS) is 17.7. The molecule has 0 amide bonds. The number of hydrogen-bond acceptors (Lipinski definition) is 5. The Balaban J connectivity index is 2.82. The number of carbonyl (C=O) groups excluding carboxylic acids is 2. The van der Waals surface area contributed by atoms with Crippen LogP contribution in [0.15, 0.2) is 11.8 Å². The van der Waals surface area contributed by atoms with E-state index < -0.39 is 5.97 Å². The quantitative estimate of drug-likeness (QED) is 0.312. The first-order chi connectivity index (χ1) is 8.06. The van der Waals surface area contributed by atoms with Gasteiger partial charge in [-0.1, -0.05) is 0 Å². The summed E-state index contributed by atoms with van der Waals surface area (Å²) >= 11 is 0. The predicted octanol–water partition coefficient (Wildman–Crippen LogP) is 0.601. The molecule has 0 spiro atoms. The molecule has 1 fully saturated rings. The molecular formula is C12H19NO4. The third-order valence-electron chi connectivity index (χ3n) is 2.65. The van der Waals surface area contributed by atoms with Crippen LogP contribution in [0.4, 0.5) is 0 Å². The fraction of sp³-hybridized carbons (Fsp3) is 0.667. The third-order valence-corrected chi connectivity index (χ3v) is 2.65. The number of ketones is 1. The summed E-state index contributed by atoms with van der Waals surface area (Å²) in [5.74, 6) is -0.849. The van der Waals surface area contributed by atoms with Crippen molar-refractivity contribution in [1.29, 1.82) is 0 Å². The van der Waals surface area contributed by atoms with Gasteiger partial charge in [0.1, 0.15) is 5.57 Å². The predicted molar refractivity (Wildman–Crippen MR) is 62.3 cm³/mol. The van der Waals surface area contributed by atoms with Gasteiger partial charge in [-0.05, 0) is 12.8 Å². The van der Waals surface area contributed by atoms with Crippen LogP contribution in [0.25, 0.3) is 0 Å². The SMILES string of the molecule is COC(=O)/C(=C\N(C)C)C(=O)C1CCOCC1. The highest BCUT2D eigenvalue weighted by Gasteiger charge is 2.28. The Morgan fingerprint density at radius 1 is 1.29 bits per heavy atom. The Labute approximate surface area is 101 Å². The van der Waals surface area contributed by atoms with E-state index in [1.54, 1.807) is 19.0 Å². The molecule has 0 aliphatic carbocycles. The molecule has 0 saturated carbocycles. The number of esters is 1. The van der Waals surface area contributed by atoms with Gasteiger partial charge in [0.25, 0.3) is 0 Å². The van der Waals surface area contributed by atoms with E-state index in [-0.39, 0.29) is 17.3 Å². The highest BCUT2D eigenvalue weighted by Crippen LogP contribution is 2.20. The lowest BCUT2D eigenvalue weighted by Crippen LogP contribution is -2.28. The molecular weight excluding hydrogens is 222 g/mol. The maximum Gasteiger partial charge on any atom is 0.342 e. The maximum absolute atomic E-state index is 12.2. The zero-order chi connectivity index (χ0) is 12.8. The summed E-state index contributed by atoms with van der Waals surface area (Å²) in [4.78, 5) is 25.4. The summed E-state index contributed by atoms with van der Waals surface area (Å²) in [6, 6.07) is 0. The zero-order valence-corrected chi connectivity index (χ0v) is 10.6. The van der Waals surface area contributed by atoms with E-state index in [0.29, 0.717) is 26.1 Å². The van der Waals surface area contributed by atoms with Gasteiger partial charge in [0.05, 0.1) is 7.11 Å². The smallest absolute Gasteiger partial charge is 0.342 e. The van der Waals surface area contributed by atoms with Crippen molar-refractivity contribution < 1.29 is 19.1 Å². The van der Waals surface area contributed by atoms with E-state index in [0.717, 1.165) is 0 Å². The van der Waals surface area contributed by atoms with E-state index in [4.69, 9.17) is 4.74 Å². The third kappa shape index (κ3) is 3.85. The van der Waals surface area contributed by atoms with Crippen molar-refractivity contribution in [3.63, 3.8) is 0 Å². The molecule has 0 unspecified atom stereocenters. The lowest BCUT2D eigenvalue weighted by atomic mass is 9.91. The Morgan fingerprint density at radius 3 is 2.35 bits per heavy atom. The minimum atomic E-state index is -0.574. The molecule has 1 aliphatic rings. The Bertz CT molecular complexity index is 316. The average molecular weight is 241 g/mol.